The number of Topliss-reactive ketones (excluding diaryl/α,β-unsaturated/α-hetero) is 1. The van der Waals surface area contributed by atoms with E-state index in [-0.39, 0.29) is 23.5 Å². The zero-order valence-corrected chi connectivity index (χ0v) is 13.8. The molecule has 0 radical (unpaired) electrons. The summed E-state index contributed by atoms with van der Waals surface area (Å²) in [6.07, 6.45) is 1.39. The van der Waals surface area contributed by atoms with Gasteiger partial charge < -0.3 is 5.11 Å². The molecule has 0 bridgehead atoms. The van der Waals surface area contributed by atoms with Gasteiger partial charge in [-0.1, -0.05) is 30.3 Å². The minimum atomic E-state index is -0.646. The summed E-state index contributed by atoms with van der Waals surface area (Å²) >= 11 is 0. The lowest BCUT2D eigenvalue weighted by atomic mass is 10.0. The quantitative estimate of drug-likeness (QED) is 0.485. The van der Waals surface area contributed by atoms with Gasteiger partial charge >= 0.3 is 0 Å². The van der Waals surface area contributed by atoms with Gasteiger partial charge in [-0.15, -0.1) is 0 Å². The molecule has 0 aliphatic heterocycles. The van der Waals surface area contributed by atoms with E-state index in [0.717, 1.165) is 17.5 Å². The summed E-state index contributed by atoms with van der Waals surface area (Å²) in [6.45, 7) is 3.30. The first-order valence-electron chi connectivity index (χ1n) is 7.79. The maximum absolute atomic E-state index is 12.6. The molecule has 0 heterocycles. The lowest BCUT2D eigenvalue weighted by molar-refractivity contribution is 0.0848. The van der Waals surface area contributed by atoms with E-state index in [9.17, 15) is 14.8 Å². The molecule has 0 atom stereocenters. The Morgan fingerprint density at radius 1 is 1.08 bits per heavy atom. The highest BCUT2D eigenvalue weighted by atomic mass is 16.5. The molecule has 1 amide bonds. The Morgan fingerprint density at radius 2 is 1.75 bits per heavy atom. The van der Waals surface area contributed by atoms with Crippen molar-refractivity contribution >= 4 is 17.4 Å². The van der Waals surface area contributed by atoms with Gasteiger partial charge in [0.05, 0.1) is 11.3 Å². The van der Waals surface area contributed by atoms with E-state index < -0.39 is 5.91 Å². The lowest BCUT2D eigenvalue weighted by Crippen LogP contribution is -2.29. The molecular weight excluding hydrogens is 306 g/mol. The number of hydroxylamine groups is 1. The summed E-state index contributed by atoms with van der Waals surface area (Å²) in [5.41, 5.74) is 2.57. The fraction of sp³-hybridized carbons (Fsp3) is 0.263. The number of amides is 1. The second kappa shape index (κ2) is 7.86. The first kappa shape index (κ1) is 17.8. The summed E-state index contributed by atoms with van der Waals surface area (Å²) in [7, 11) is 0. The van der Waals surface area contributed by atoms with Crippen molar-refractivity contribution in [2.24, 2.45) is 0 Å². The van der Waals surface area contributed by atoms with Crippen LogP contribution in [-0.2, 0) is 6.42 Å². The standard InChI is InChI=1S/C19H21NO4/c1-13-12-15(6-5-11-21)9-10-18(13)20(24)19(23)17-8-4-3-7-16(17)14(2)22/h3-4,7-10,12,21,24H,5-6,11H2,1-2H3. The van der Waals surface area contributed by atoms with E-state index in [4.69, 9.17) is 5.11 Å². The van der Waals surface area contributed by atoms with E-state index in [2.05, 4.69) is 0 Å². The molecule has 0 saturated heterocycles. The van der Waals surface area contributed by atoms with Gasteiger partial charge in [0, 0.05) is 12.2 Å². The lowest BCUT2D eigenvalue weighted by Gasteiger charge is -2.19. The average molecular weight is 327 g/mol. The Balaban J connectivity index is 2.30. The first-order chi connectivity index (χ1) is 11.5. The zero-order chi connectivity index (χ0) is 17.7. The highest BCUT2D eigenvalue weighted by Crippen LogP contribution is 2.23. The Kier molecular flexibility index (Phi) is 5.84. The number of aliphatic hydroxyl groups excluding tert-OH is 1. The molecule has 126 valence electrons. The minimum Gasteiger partial charge on any atom is -0.396 e. The van der Waals surface area contributed by atoms with E-state index in [1.165, 1.54) is 13.0 Å². The number of benzene rings is 2. The van der Waals surface area contributed by atoms with Crippen molar-refractivity contribution in [1.29, 1.82) is 0 Å². The third-order valence-electron chi connectivity index (χ3n) is 3.84. The number of hydrogen-bond donors (Lipinski definition) is 2. The molecule has 5 heteroatoms. The molecule has 0 aromatic heterocycles. The number of rotatable bonds is 6. The molecule has 2 aromatic rings. The van der Waals surface area contributed by atoms with E-state index >= 15 is 0 Å². The van der Waals surface area contributed by atoms with Crippen LogP contribution in [0.5, 0.6) is 0 Å². The normalized spacial score (nSPS) is 10.5. The highest BCUT2D eigenvalue weighted by molar-refractivity contribution is 6.12. The van der Waals surface area contributed by atoms with Gasteiger partial charge in [0.15, 0.2) is 5.78 Å². The van der Waals surface area contributed by atoms with Gasteiger partial charge in [0.25, 0.3) is 5.91 Å². The van der Waals surface area contributed by atoms with Crippen molar-refractivity contribution in [1.82, 2.24) is 0 Å². The summed E-state index contributed by atoms with van der Waals surface area (Å²) < 4.78 is 0. The van der Waals surface area contributed by atoms with Crippen LogP contribution in [0.4, 0.5) is 5.69 Å². The fourth-order valence-corrected chi connectivity index (χ4v) is 2.59. The van der Waals surface area contributed by atoms with Crippen molar-refractivity contribution in [3.05, 3.63) is 64.7 Å². The topological polar surface area (TPSA) is 77.8 Å². The summed E-state index contributed by atoms with van der Waals surface area (Å²) in [5, 5.41) is 19.8. The molecule has 2 N–H and O–H groups in total. The van der Waals surface area contributed by atoms with Crippen LogP contribution in [0.3, 0.4) is 0 Å². The Bertz CT molecular complexity index is 755. The van der Waals surface area contributed by atoms with Crippen molar-refractivity contribution in [2.75, 3.05) is 11.7 Å². The number of ketones is 1. The van der Waals surface area contributed by atoms with Gasteiger partial charge in [0.2, 0.25) is 0 Å². The van der Waals surface area contributed by atoms with Crippen LogP contribution in [0, 0.1) is 6.92 Å². The van der Waals surface area contributed by atoms with Crippen molar-refractivity contribution in [3.63, 3.8) is 0 Å². The number of hydrogen-bond acceptors (Lipinski definition) is 4. The Hall–Kier alpha value is -2.50. The number of aryl methyl sites for hydroxylation is 2. The van der Waals surface area contributed by atoms with Gasteiger partial charge in [-0.2, -0.15) is 5.06 Å². The molecule has 0 fully saturated rings. The molecule has 2 rings (SSSR count). The highest BCUT2D eigenvalue weighted by Gasteiger charge is 2.21. The molecule has 0 aliphatic carbocycles. The fourth-order valence-electron chi connectivity index (χ4n) is 2.59. The van der Waals surface area contributed by atoms with Gasteiger partial charge in [-0.25, -0.2) is 0 Å². The van der Waals surface area contributed by atoms with Crippen LogP contribution in [0.1, 0.15) is 45.2 Å². The Labute approximate surface area is 141 Å². The monoisotopic (exact) mass is 327 g/mol. The second-order valence-corrected chi connectivity index (χ2v) is 5.67. The number of nitrogens with zero attached hydrogens (tertiary/aromatic N) is 1. The summed E-state index contributed by atoms with van der Waals surface area (Å²) in [5.74, 6) is -0.879. The number of aliphatic hydroxyl groups is 1. The smallest absolute Gasteiger partial charge is 0.282 e. The van der Waals surface area contributed by atoms with E-state index in [0.29, 0.717) is 17.2 Å². The van der Waals surface area contributed by atoms with Crippen molar-refractivity contribution in [2.45, 2.75) is 26.7 Å². The first-order valence-corrected chi connectivity index (χ1v) is 7.79. The van der Waals surface area contributed by atoms with Crippen LogP contribution in [0.25, 0.3) is 0 Å². The summed E-state index contributed by atoms with van der Waals surface area (Å²) in [4.78, 5) is 24.2. The van der Waals surface area contributed by atoms with E-state index in [1.807, 2.05) is 12.1 Å². The number of carbonyl (C=O) groups is 2. The molecule has 5 nitrogen and oxygen atoms in total. The molecule has 0 aliphatic rings. The minimum absolute atomic E-state index is 0.118. The third-order valence-corrected chi connectivity index (χ3v) is 3.84. The predicted octanol–water partition coefficient (Wildman–Crippen LogP) is 3.16. The Morgan fingerprint density at radius 3 is 2.33 bits per heavy atom. The van der Waals surface area contributed by atoms with Crippen LogP contribution >= 0.6 is 0 Å². The number of anilines is 1. The molecule has 0 saturated carbocycles. The van der Waals surface area contributed by atoms with Crippen LogP contribution in [-0.4, -0.2) is 28.6 Å². The van der Waals surface area contributed by atoms with E-state index in [1.54, 1.807) is 31.2 Å². The SMILES string of the molecule is CC(=O)c1ccccc1C(=O)N(O)c1ccc(CCCO)cc1C. The van der Waals surface area contributed by atoms with Gasteiger partial charge in [-0.3, -0.25) is 14.8 Å². The zero-order valence-electron chi connectivity index (χ0n) is 13.8. The van der Waals surface area contributed by atoms with Crippen LogP contribution in [0.15, 0.2) is 42.5 Å². The molecular formula is C19H21NO4. The molecule has 0 spiro atoms. The number of carbonyl (C=O) groups excluding carboxylic acids is 2. The summed E-state index contributed by atoms with van der Waals surface area (Å²) in [6, 6.07) is 11.8. The van der Waals surface area contributed by atoms with Crippen LogP contribution < -0.4 is 5.06 Å². The van der Waals surface area contributed by atoms with Gasteiger partial charge in [0.1, 0.15) is 0 Å². The molecule has 0 unspecified atom stereocenters. The van der Waals surface area contributed by atoms with Crippen LogP contribution in [0.2, 0.25) is 0 Å². The maximum Gasteiger partial charge on any atom is 0.282 e. The molecule has 2 aromatic carbocycles. The largest absolute Gasteiger partial charge is 0.396 e. The van der Waals surface area contributed by atoms with Crippen molar-refractivity contribution in [3.8, 4) is 0 Å². The van der Waals surface area contributed by atoms with Crippen molar-refractivity contribution < 1.29 is 19.9 Å². The third kappa shape index (κ3) is 3.88. The predicted molar refractivity (Wildman–Crippen MR) is 91.6 cm³/mol. The van der Waals surface area contributed by atoms with Gasteiger partial charge in [-0.05, 0) is 49.9 Å². The molecule has 24 heavy (non-hydrogen) atoms. The second-order valence-electron chi connectivity index (χ2n) is 5.67. The average Bonchev–Trinajstić information content (AvgIpc) is 2.58. The maximum atomic E-state index is 12.6.